The van der Waals surface area contributed by atoms with Crippen molar-refractivity contribution >= 4 is 0 Å². The quantitative estimate of drug-likeness (QED) is 0.630. The number of phenolic OH excluding ortho intramolecular Hbond substituents is 1. The number of unbranched alkanes of at least 4 members (excludes halogenated alkanes) is 2. The lowest BCUT2D eigenvalue weighted by atomic mass is 10.0. The Hall–Kier alpha value is -1.02. The minimum Gasteiger partial charge on any atom is -0.508 e. The molecule has 0 bridgehead atoms. The highest BCUT2D eigenvalue weighted by Gasteiger charge is 2.05. The number of hydrogen-bond acceptors (Lipinski definition) is 2. The zero-order chi connectivity index (χ0) is 14.1. The van der Waals surface area contributed by atoms with Crippen LogP contribution in [0.2, 0.25) is 0 Å². The summed E-state index contributed by atoms with van der Waals surface area (Å²) in [4.78, 5) is 0. The SMILES string of the molecule is CCC(C)CCCCCOC(C)c1ccc(O)cc1. The first-order chi connectivity index (χ1) is 9.13. The standard InChI is InChI=1S/C17H28O2/c1-4-14(2)8-6-5-7-13-19-15(3)16-9-11-17(18)12-10-16/h9-12,14-15,18H,4-8,13H2,1-3H3. The topological polar surface area (TPSA) is 29.5 Å². The van der Waals surface area contributed by atoms with Crippen LogP contribution in [0.3, 0.4) is 0 Å². The van der Waals surface area contributed by atoms with Gasteiger partial charge in [-0.2, -0.15) is 0 Å². The van der Waals surface area contributed by atoms with Crippen molar-refractivity contribution in [1.29, 1.82) is 0 Å². The maximum absolute atomic E-state index is 9.24. The smallest absolute Gasteiger partial charge is 0.115 e. The summed E-state index contributed by atoms with van der Waals surface area (Å²) in [5.41, 5.74) is 1.12. The van der Waals surface area contributed by atoms with E-state index in [1.165, 1.54) is 25.7 Å². The van der Waals surface area contributed by atoms with Crippen LogP contribution in [0.15, 0.2) is 24.3 Å². The zero-order valence-corrected chi connectivity index (χ0v) is 12.6. The molecule has 19 heavy (non-hydrogen) atoms. The molecule has 0 spiro atoms. The molecule has 0 aliphatic rings. The van der Waals surface area contributed by atoms with Crippen LogP contribution in [0, 0.1) is 5.92 Å². The van der Waals surface area contributed by atoms with Crippen molar-refractivity contribution < 1.29 is 9.84 Å². The molecule has 0 heterocycles. The van der Waals surface area contributed by atoms with Gasteiger partial charge in [-0.25, -0.2) is 0 Å². The van der Waals surface area contributed by atoms with Crippen molar-refractivity contribution in [2.45, 2.75) is 59.0 Å². The molecular formula is C17H28O2. The third-order valence-electron chi connectivity index (χ3n) is 3.77. The molecule has 1 rings (SSSR count). The van der Waals surface area contributed by atoms with Crippen LogP contribution in [0.4, 0.5) is 0 Å². The minimum absolute atomic E-state index is 0.107. The second-order valence-electron chi connectivity index (χ2n) is 5.47. The van der Waals surface area contributed by atoms with Crippen LogP contribution in [0.25, 0.3) is 0 Å². The van der Waals surface area contributed by atoms with Crippen molar-refractivity contribution in [1.82, 2.24) is 0 Å². The summed E-state index contributed by atoms with van der Waals surface area (Å²) in [5, 5.41) is 9.24. The number of hydrogen-bond donors (Lipinski definition) is 1. The fourth-order valence-electron chi connectivity index (χ4n) is 2.08. The molecule has 0 aliphatic carbocycles. The molecular weight excluding hydrogens is 236 g/mol. The molecule has 0 saturated carbocycles. The lowest BCUT2D eigenvalue weighted by Crippen LogP contribution is -2.02. The van der Waals surface area contributed by atoms with E-state index in [4.69, 9.17) is 4.74 Å². The molecule has 0 aromatic heterocycles. The number of ether oxygens (including phenoxy) is 1. The molecule has 0 saturated heterocycles. The summed E-state index contributed by atoms with van der Waals surface area (Å²) >= 11 is 0. The summed E-state index contributed by atoms with van der Waals surface area (Å²) in [6, 6.07) is 7.26. The minimum atomic E-state index is 0.107. The molecule has 0 radical (unpaired) electrons. The van der Waals surface area contributed by atoms with Gasteiger partial charge in [-0.3, -0.25) is 0 Å². The predicted octanol–water partition coefficient (Wildman–Crippen LogP) is 5.08. The molecule has 2 atom stereocenters. The monoisotopic (exact) mass is 264 g/mol. The van der Waals surface area contributed by atoms with E-state index in [0.717, 1.165) is 24.5 Å². The van der Waals surface area contributed by atoms with Gasteiger partial charge in [-0.05, 0) is 37.0 Å². The average Bonchev–Trinajstić information content (AvgIpc) is 2.42. The Labute approximate surface area is 117 Å². The lowest BCUT2D eigenvalue weighted by Gasteiger charge is -2.14. The largest absolute Gasteiger partial charge is 0.508 e. The lowest BCUT2D eigenvalue weighted by molar-refractivity contribution is 0.0626. The van der Waals surface area contributed by atoms with Gasteiger partial charge in [0, 0.05) is 6.61 Å². The molecule has 0 amide bonds. The summed E-state index contributed by atoms with van der Waals surface area (Å²) in [7, 11) is 0. The molecule has 1 aromatic rings. The Morgan fingerprint density at radius 3 is 2.37 bits per heavy atom. The summed E-state index contributed by atoms with van der Waals surface area (Å²) in [6.45, 7) is 7.46. The Morgan fingerprint density at radius 2 is 1.74 bits per heavy atom. The number of phenols is 1. The zero-order valence-electron chi connectivity index (χ0n) is 12.6. The number of benzene rings is 1. The number of rotatable bonds is 9. The molecule has 1 aromatic carbocycles. The molecule has 2 unspecified atom stereocenters. The molecule has 0 aliphatic heterocycles. The average molecular weight is 264 g/mol. The second kappa shape index (κ2) is 8.98. The van der Waals surface area contributed by atoms with Gasteiger partial charge in [-0.15, -0.1) is 0 Å². The summed E-state index contributed by atoms with van der Waals surface area (Å²) in [5.74, 6) is 1.16. The first kappa shape index (κ1) is 16.0. The Morgan fingerprint density at radius 1 is 1.05 bits per heavy atom. The Kier molecular flexibility index (Phi) is 7.57. The van der Waals surface area contributed by atoms with Crippen LogP contribution >= 0.6 is 0 Å². The van der Waals surface area contributed by atoms with E-state index in [0.29, 0.717) is 5.75 Å². The van der Waals surface area contributed by atoms with Gasteiger partial charge in [0.15, 0.2) is 0 Å². The van der Waals surface area contributed by atoms with E-state index in [2.05, 4.69) is 20.8 Å². The molecule has 1 N–H and O–H groups in total. The van der Waals surface area contributed by atoms with E-state index in [-0.39, 0.29) is 6.10 Å². The van der Waals surface area contributed by atoms with Crippen molar-refractivity contribution in [3.63, 3.8) is 0 Å². The predicted molar refractivity (Wildman–Crippen MR) is 80.4 cm³/mol. The molecule has 0 fully saturated rings. The van der Waals surface area contributed by atoms with E-state index in [1.807, 2.05) is 12.1 Å². The van der Waals surface area contributed by atoms with Crippen molar-refractivity contribution in [2.75, 3.05) is 6.61 Å². The van der Waals surface area contributed by atoms with Crippen molar-refractivity contribution in [3.8, 4) is 5.75 Å². The third-order valence-corrected chi connectivity index (χ3v) is 3.77. The van der Waals surface area contributed by atoms with Gasteiger partial charge >= 0.3 is 0 Å². The third kappa shape index (κ3) is 6.63. The maximum atomic E-state index is 9.24. The van der Waals surface area contributed by atoms with Crippen LogP contribution < -0.4 is 0 Å². The first-order valence-corrected chi connectivity index (χ1v) is 7.54. The Bertz CT molecular complexity index is 332. The molecule has 108 valence electrons. The Balaban J connectivity index is 2.10. The van der Waals surface area contributed by atoms with E-state index >= 15 is 0 Å². The molecule has 2 heteroatoms. The molecule has 2 nitrogen and oxygen atoms in total. The van der Waals surface area contributed by atoms with E-state index < -0.39 is 0 Å². The van der Waals surface area contributed by atoms with Crippen LogP contribution in [-0.4, -0.2) is 11.7 Å². The highest BCUT2D eigenvalue weighted by Crippen LogP contribution is 2.20. The van der Waals surface area contributed by atoms with Gasteiger partial charge in [0.05, 0.1) is 6.10 Å². The number of aromatic hydroxyl groups is 1. The van der Waals surface area contributed by atoms with Crippen LogP contribution in [0.5, 0.6) is 5.75 Å². The second-order valence-corrected chi connectivity index (χ2v) is 5.47. The van der Waals surface area contributed by atoms with E-state index in [9.17, 15) is 5.11 Å². The fraction of sp³-hybridized carbons (Fsp3) is 0.647. The van der Waals surface area contributed by atoms with Gasteiger partial charge in [0.2, 0.25) is 0 Å². The van der Waals surface area contributed by atoms with Crippen LogP contribution in [0.1, 0.15) is 64.5 Å². The normalized spacial score (nSPS) is 14.3. The van der Waals surface area contributed by atoms with Gasteiger partial charge in [0.1, 0.15) is 5.75 Å². The highest BCUT2D eigenvalue weighted by molar-refractivity contribution is 5.26. The van der Waals surface area contributed by atoms with Crippen molar-refractivity contribution in [3.05, 3.63) is 29.8 Å². The maximum Gasteiger partial charge on any atom is 0.115 e. The van der Waals surface area contributed by atoms with Gasteiger partial charge in [0.25, 0.3) is 0 Å². The van der Waals surface area contributed by atoms with Crippen LogP contribution in [-0.2, 0) is 4.74 Å². The summed E-state index contributed by atoms with van der Waals surface area (Å²) in [6.07, 6.45) is 6.44. The van der Waals surface area contributed by atoms with Gasteiger partial charge in [-0.1, -0.05) is 51.7 Å². The van der Waals surface area contributed by atoms with Crippen molar-refractivity contribution in [2.24, 2.45) is 5.92 Å². The fourth-order valence-corrected chi connectivity index (χ4v) is 2.08. The first-order valence-electron chi connectivity index (χ1n) is 7.54. The van der Waals surface area contributed by atoms with E-state index in [1.54, 1.807) is 12.1 Å². The summed E-state index contributed by atoms with van der Waals surface area (Å²) < 4.78 is 5.82. The van der Waals surface area contributed by atoms with Gasteiger partial charge < -0.3 is 9.84 Å². The highest BCUT2D eigenvalue weighted by atomic mass is 16.5.